The van der Waals surface area contributed by atoms with Crippen molar-refractivity contribution >= 4 is 34.3 Å². The number of carbonyl (C=O) groups is 1. The second-order valence-electron chi connectivity index (χ2n) is 6.21. The van der Waals surface area contributed by atoms with Crippen molar-refractivity contribution in [3.63, 3.8) is 0 Å². The van der Waals surface area contributed by atoms with Crippen LogP contribution in [-0.4, -0.2) is 10.9 Å². The summed E-state index contributed by atoms with van der Waals surface area (Å²) in [6.45, 7) is 0. The summed E-state index contributed by atoms with van der Waals surface area (Å²) in [5.74, 6) is 0.400. The van der Waals surface area contributed by atoms with Crippen molar-refractivity contribution in [3.05, 3.63) is 83.4 Å². The SMILES string of the molecule is O=C(CCc1ccccc1)Nc1ccccc1-c1nc2cc(Cl)ccc2o1. The van der Waals surface area contributed by atoms with Gasteiger partial charge in [0.2, 0.25) is 11.8 Å². The molecular formula is C22H17ClN2O2. The van der Waals surface area contributed by atoms with Crippen molar-refractivity contribution in [1.82, 2.24) is 4.98 Å². The Labute approximate surface area is 161 Å². The molecule has 1 aromatic heterocycles. The van der Waals surface area contributed by atoms with Gasteiger partial charge in [-0.05, 0) is 42.3 Å². The minimum absolute atomic E-state index is 0.0505. The van der Waals surface area contributed by atoms with Gasteiger partial charge in [-0.15, -0.1) is 0 Å². The Morgan fingerprint density at radius 1 is 1.00 bits per heavy atom. The highest BCUT2D eigenvalue weighted by Crippen LogP contribution is 2.31. The lowest BCUT2D eigenvalue weighted by Gasteiger charge is -2.09. The van der Waals surface area contributed by atoms with E-state index in [2.05, 4.69) is 10.3 Å². The van der Waals surface area contributed by atoms with E-state index in [-0.39, 0.29) is 5.91 Å². The fraction of sp³-hybridized carbons (Fsp3) is 0.0909. The van der Waals surface area contributed by atoms with Crippen LogP contribution in [0.25, 0.3) is 22.6 Å². The van der Waals surface area contributed by atoms with E-state index in [1.54, 1.807) is 18.2 Å². The van der Waals surface area contributed by atoms with Crippen LogP contribution in [0.5, 0.6) is 0 Å². The van der Waals surface area contributed by atoms with Gasteiger partial charge in [0.1, 0.15) is 5.52 Å². The molecule has 0 aliphatic heterocycles. The molecule has 3 aromatic carbocycles. The highest BCUT2D eigenvalue weighted by atomic mass is 35.5. The molecule has 134 valence electrons. The molecule has 27 heavy (non-hydrogen) atoms. The number of halogens is 1. The summed E-state index contributed by atoms with van der Waals surface area (Å²) in [5, 5.41) is 3.57. The van der Waals surface area contributed by atoms with Crippen molar-refractivity contribution in [3.8, 4) is 11.5 Å². The topological polar surface area (TPSA) is 55.1 Å². The normalized spacial score (nSPS) is 10.9. The summed E-state index contributed by atoms with van der Waals surface area (Å²) < 4.78 is 5.84. The molecule has 0 spiro atoms. The van der Waals surface area contributed by atoms with Crippen LogP contribution in [0, 0.1) is 0 Å². The highest BCUT2D eigenvalue weighted by molar-refractivity contribution is 6.31. The zero-order chi connectivity index (χ0) is 18.6. The first-order valence-electron chi connectivity index (χ1n) is 8.68. The quantitative estimate of drug-likeness (QED) is 0.484. The first-order valence-corrected chi connectivity index (χ1v) is 9.06. The maximum absolute atomic E-state index is 12.4. The molecule has 4 nitrogen and oxygen atoms in total. The number of oxazole rings is 1. The summed E-state index contributed by atoms with van der Waals surface area (Å²) in [6, 6.07) is 22.7. The molecule has 1 N–H and O–H groups in total. The second kappa shape index (κ2) is 7.64. The molecule has 0 atom stereocenters. The zero-order valence-electron chi connectivity index (χ0n) is 14.5. The number of hydrogen-bond donors (Lipinski definition) is 1. The number of para-hydroxylation sites is 1. The lowest BCUT2D eigenvalue weighted by atomic mass is 10.1. The van der Waals surface area contributed by atoms with Crippen molar-refractivity contribution in [2.24, 2.45) is 0 Å². The van der Waals surface area contributed by atoms with Gasteiger partial charge in [0.25, 0.3) is 0 Å². The Morgan fingerprint density at radius 3 is 2.63 bits per heavy atom. The van der Waals surface area contributed by atoms with Gasteiger partial charge in [-0.25, -0.2) is 4.98 Å². The van der Waals surface area contributed by atoms with Crippen LogP contribution in [0.15, 0.2) is 77.2 Å². The maximum atomic E-state index is 12.4. The smallest absolute Gasteiger partial charge is 0.229 e. The lowest BCUT2D eigenvalue weighted by molar-refractivity contribution is -0.116. The number of amides is 1. The number of fused-ring (bicyclic) bond motifs is 1. The molecule has 0 radical (unpaired) electrons. The number of carbonyl (C=O) groups excluding carboxylic acids is 1. The zero-order valence-corrected chi connectivity index (χ0v) is 15.2. The molecule has 0 aliphatic rings. The van der Waals surface area contributed by atoms with E-state index in [1.165, 1.54) is 0 Å². The van der Waals surface area contributed by atoms with Gasteiger partial charge in [0.15, 0.2) is 5.58 Å². The van der Waals surface area contributed by atoms with Crippen molar-refractivity contribution in [2.45, 2.75) is 12.8 Å². The van der Waals surface area contributed by atoms with E-state index in [0.717, 1.165) is 11.1 Å². The van der Waals surface area contributed by atoms with Gasteiger partial charge in [0.05, 0.1) is 11.3 Å². The molecule has 0 unspecified atom stereocenters. The molecule has 0 fully saturated rings. The molecule has 0 saturated heterocycles. The van der Waals surface area contributed by atoms with Gasteiger partial charge in [-0.2, -0.15) is 0 Å². The highest BCUT2D eigenvalue weighted by Gasteiger charge is 2.14. The fourth-order valence-corrected chi connectivity index (χ4v) is 3.08. The molecular weight excluding hydrogens is 360 g/mol. The monoisotopic (exact) mass is 376 g/mol. The number of hydrogen-bond acceptors (Lipinski definition) is 3. The van der Waals surface area contributed by atoms with E-state index >= 15 is 0 Å². The van der Waals surface area contributed by atoms with Gasteiger partial charge >= 0.3 is 0 Å². The maximum Gasteiger partial charge on any atom is 0.229 e. The van der Waals surface area contributed by atoms with Crippen molar-refractivity contribution < 1.29 is 9.21 Å². The van der Waals surface area contributed by atoms with E-state index < -0.39 is 0 Å². The van der Waals surface area contributed by atoms with E-state index in [0.29, 0.717) is 40.5 Å². The molecule has 1 amide bonds. The summed E-state index contributed by atoms with van der Waals surface area (Å²) >= 11 is 6.02. The lowest BCUT2D eigenvalue weighted by Crippen LogP contribution is -2.13. The average molecular weight is 377 g/mol. The van der Waals surface area contributed by atoms with Crippen LogP contribution in [0.4, 0.5) is 5.69 Å². The number of aryl methyl sites for hydroxylation is 1. The molecule has 1 heterocycles. The standard InChI is InChI=1S/C22H17ClN2O2/c23-16-11-12-20-19(14-16)25-22(27-20)17-8-4-5-9-18(17)24-21(26)13-10-15-6-2-1-3-7-15/h1-9,11-12,14H,10,13H2,(H,24,26). The molecule has 0 saturated carbocycles. The molecule has 4 rings (SSSR count). The van der Waals surface area contributed by atoms with Crippen LogP contribution >= 0.6 is 11.6 Å². The predicted octanol–water partition coefficient (Wildman–Crippen LogP) is 5.72. The summed E-state index contributed by atoms with van der Waals surface area (Å²) in [6.07, 6.45) is 1.09. The number of nitrogens with one attached hydrogen (secondary N) is 1. The molecule has 5 heteroatoms. The fourth-order valence-electron chi connectivity index (χ4n) is 2.91. The number of anilines is 1. The average Bonchev–Trinajstić information content (AvgIpc) is 3.10. The number of nitrogens with zero attached hydrogens (tertiary/aromatic N) is 1. The third kappa shape index (κ3) is 4.01. The number of rotatable bonds is 5. The molecule has 0 bridgehead atoms. The summed E-state index contributed by atoms with van der Waals surface area (Å²) in [5.41, 5.74) is 3.88. The Morgan fingerprint density at radius 2 is 1.78 bits per heavy atom. The third-order valence-corrected chi connectivity index (χ3v) is 4.50. The van der Waals surface area contributed by atoms with Crippen molar-refractivity contribution in [1.29, 1.82) is 0 Å². The van der Waals surface area contributed by atoms with Crippen LogP contribution in [0.3, 0.4) is 0 Å². The minimum atomic E-state index is -0.0505. The first-order chi connectivity index (χ1) is 13.2. The van der Waals surface area contributed by atoms with Crippen LogP contribution in [-0.2, 0) is 11.2 Å². The predicted molar refractivity (Wildman–Crippen MR) is 108 cm³/mol. The van der Waals surface area contributed by atoms with Gasteiger partial charge in [-0.1, -0.05) is 54.1 Å². The Hall–Kier alpha value is -3.11. The van der Waals surface area contributed by atoms with Crippen molar-refractivity contribution in [2.75, 3.05) is 5.32 Å². The Balaban J connectivity index is 1.54. The largest absolute Gasteiger partial charge is 0.436 e. The molecule has 4 aromatic rings. The number of benzene rings is 3. The van der Waals surface area contributed by atoms with E-state index in [1.807, 2.05) is 54.6 Å². The summed E-state index contributed by atoms with van der Waals surface area (Å²) in [7, 11) is 0. The Kier molecular flexibility index (Phi) is 4.90. The first kappa shape index (κ1) is 17.3. The van der Waals surface area contributed by atoms with Crippen LogP contribution < -0.4 is 5.32 Å². The van der Waals surface area contributed by atoms with E-state index in [4.69, 9.17) is 16.0 Å². The van der Waals surface area contributed by atoms with Gasteiger partial charge < -0.3 is 9.73 Å². The number of aromatic nitrogens is 1. The second-order valence-corrected chi connectivity index (χ2v) is 6.65. The van der Waals surface area contributed by atoms with Crippen LogP contribution in [0.1, 0.15) is 12.0 Å². The molecule has 0 aliphatic carbocycles. The summed E-state index contributed by atoms with van der Waals surface area (Å²) in [4.78, 5) is 16.9. The van der Waals surface area contributed by atoms with Gasteiger partial charge in [-0.3, -0.25) is 4.79 Å². The minimum Gasteiger partial charge on any atom is -0.436 e. The van der Waals surface area contributed by atoms with E-state index in [9.17, 15) is 4.79 Å². The third-order valence-electron chi connectivity index (χ3n) is 4.26. The Bertz CT molecular complexity index is 1090. The van der Waals surface area contributed by atoms with Gasteiger partial charge in [0, 0.05) is 11.4 Å². The van der Waals surface area contributed by atoms with Crippen LogP contribution in [0.2, 0.25) is 5.02 Å².